The van der Waals surface area contributed by atoms with Crippen molar-refractivity contribution in [2.45, 2.75) is 92.1 Å². The van der Waals surface area contributed by atoms with Crippen LogP contribution in [0.25, 0.3) is 0 Å². The highest BCUT2D eigenvalue weighted by molar-refractivity contribution is 8.00. The maximum atomic E-state index is 12.5. The number of hydrogen-bond donors (Lipinski definition) is 4. The summed E-state index contributed by atoms with van der Waals surface area (Å²) in [5, 5.41) is 22.8. The third-order valence-electron chi connectivity index (χ3n) is 7.27. The predicted molar refractivity (Wildman–Crippen MR) is 172 cm³/mol. The minimum Gasteiger partial charge on any atom is -0.480 e. The summed E-state index contributed by atoms with van der Waals surface area (Å²) < 4.78 is 4.85. The normalized spacial score (nSPS) is 17.6. The van der Waals surface area contributed by atoms with Crippen LogP contribution < -0.4 is 10.6 Å². The molecule has 258 valence electrons. The van der Waals surface area contributed by atoms with Crippen LogP contribution in [0.3, 0.4) is 0 Å². The van der Waals surface area contributed by atoms with E-state index in [9.17, 15) is 33.9 Å². The molecule has 1 unspecified atom stereocenters. The molecule has 0 saturated carbocycles. The quantitative estimate of drug-likeness (QED) is 0.139. The number of esters is 1. The number of carboxylic acids is 2. The van der Waals surface area contributed by atoms with Gasteiger partial charge in [0.2, 0.25) is 11.8 Å². The van der Waals surface area contributed by atoms with Crippen molar-refractivity contribution in [3.63, 3.8) is 0 Å². The number of hydrogen-bond acceptors (Lipinski definition) is 10. The molecule has 0 bridgehead atoms. The molecule has 0 aromatic carbocycles. The number of nitrogens with zero attached hydrogens (tertiary/aromatic N) is 3. The Bertz CT molecular complexity index is 1010. The number of ether oxygens (including phenoxy) is 1. The summed E-state index contributed by atoms with van der Waals surface area (Å²) in [6.07, 6.45) is 0.138. The highest BCUT2D eigenvalue weighted by Crippen LogP contribution is 2.40. The van der Waals surface area contributed by atoms with Gasteiger partial charge in [-0.25, -0.2) is 9.59 Å². The highest BCUT2D eigenvalue weighted by atomic mass is 32.2. The number of β-lactam (4-membered cyclic amide) rings is 1. The van der Waals surface area contributed by atoms with Gasteiger partial charge in [-0.2, -0.15) is 0 Å². The van der Waals surface area contributed by atoms with E-state index in [1.165, 1.54) is 64.9 Å². The van der Waals surface area contributed by atoms with E-state index >= 15 is 0 Å². The Balaban J connectivity index is 0.00000114. The van der Waals surface area contributed by atoms with E-state index < -0.39 is 53.1 Å². The minimum absolute atomic E-state index is 0.0384. The summed E-state index contributed by atoms with van der Waals surface area (Å²) >= 11 is 1.24. The molecule has 2 aliphatic heterocycles. The molecule has 0 spiro atoms. The third-order valence-corrected chi connectivity index (χ3v) is 8.61. The van der Waals surface area contributed by atoms with Gasteiger partial charge in [-0.15, -0.1) is 11.8 Å². The van der Waals surface area contributed by atoms with Gasteiger partial charge in [0, 0.05) is 31.6 Å². The molecule has 2 aliphatic rings. The molecule has 14 nitrogen and oxygen atoms in total. The highest BCUT2D eigenvalue weighted by Gasteiger charge is 2.54. The van der Waals surface area contributed by atoms with Crippen molar-refractivity contribution >= 4 is 47.4 Å². The lowest BCUT2D eigenvalue weighted by Crippen LogP contribution is -2.70. The second kappa shape index (κ2) is 22.4. The number of nitrogens with one attached hydrogen (secondary N) is 2. The molecule has 2 heterocycles. The van der Waals surface area contributed by atoms with Crippen molar-refractivity contribution in [1.82, 2.24) is 25.3 Å². The van der Waals surface area contributed by atoms with Gasteiger partial charge in [0.1, 0.15) is 29.8 Å². The molecule has 45 heavy (non-hydrogen) atoms. The van der Waals surface area contributed by atoms with Gasteiger partial charge < -0.3 is 35.4 Å². The molecular weight excluding hydrogens is 606 g/mol. The number of aliphatic carboxylic acids is 2. The molecule has 0 aromatic heterocycles. The second-order valence-corrected chi connectivity index (χ2v) is 11.3. The fraction of sp³-hybridized carbons (Fsp3) is 0.733. The summed E-state index contributed by atoms with van der Waals surface area (Å²) in [6, 6.07) is -2.02. The van der Waals surface area contributed by atoms with Crippen LogP contribution in [-0.4, -0.2) is 130 Å². The Morgan fingerprint density at radius 2 is 1.44 bits per heavy atom. The molecular formula is C30H53N5O9S. The molecule has 0 aromatic rings. The SMILES string of the molecule is CC(=O)N[C@H](CCCC(=O)NC1C(=O)N2C(C(=O)O)=C(COC(C)=O)CS[C@H]12)C(=O)O.CCN(CC)CC.CCN(CC)CC. The second-order valence-electron chi connectivity index (χ2n) is 10.2. The monoisotopic (exact) mass is 659 g/mol. The lowest BCUT2D eigenvalue weighted by molar-refractivity contribution is -0.151. The average Bonchev–Trinajstić information content (AvgIpc) is 2.99. The van der Waals surface area contributed by atoms with Crippen LogP contribution in [0.2, 0.25) is 0 Å². The van der Waals surface area contributed by atoms with Crippen molar-refractivity contribution in [3.8, 4) is 0 Å². The first-order valence-corrected chi connectivity index (χ1v) is 16.5. The molecule has 1 fully saturated rings. The summed E-state index contributed by atoms with van der Waals surface area (Å²) in [4.78, 5) is 75.2. The van der Waals surface area contributed by atoms with Crippen LogP contribution in [0.1, 0.15) is 74.7 Å². The molecule has 2 rings (SSSR count). The fourth-order valence-electron chi connectivity index (χ4n) is 4.54. The molecule has 3 atom stereocenters. The topological polar surface area (TPSA) is 186 Å². The Hall–Kier alpha value is -3.17. The Labute approximate surface area is 271 Å². The number of rotatable bonds is 16. The molecule has 0 radical (unpaired) electrons. The zero-order valence-electron chi connectivity index (χ0n) is 28.0. The standard InChI is InChI=1S/C18H23N3O9S.2C6H15N/c1-8(22)19-11(17(26)27)4-3-5-12(24)20-13-15(25)21-14(18(28)29)10(6-30-9(2)23)7-31-16(13)21;2*1-4-7(5-2)6-3/h11,13,16H,3-7H2,1-2H3,(H,19,22)(H,20,24)(H,26,27)(H,28,29);2*4-6H2,1-3H3/t11-,13?,16-;;/m1../s1. The maximum absolute atomic E-state index is 12.5. The van der Waals surface area contributed by atoms with E-state index in [1.807, 2.05) is 0 Å². The van der Waals surface area contributed by atoms with Gasteiger partial charge in [0.15, 0.2) is 0 Å². The number of carbonyl (C=O) groups is 6. The summed E-state index contributed by atoms with van der Waals surface area (Å²) in [6.45, 7) is 22.4. The fourth-order valence-corrected chi connectivity index (χ4v) is 5.87. The van der Waals surface area contributed by atoms with Gasteiger partial charge >= 0.3 is 17.9 Å². The lowest BCUT2D eigenvalue weighted by atomic mass is 10.0. The number of fused-ring (bicyclic) bond motifs is 1. The van der Waals surface area contributed by atoms with Gasteiger partial charge in [0.05, 0.1) is 0 Å². The number of thioether (sulfide) groups is 1. The molecule has 3 amide bonds. The van der Waals surface area contributed by atoms with E-state index in [1.54, 1.807) is 0 Å². The number of carboxylic acid groups (broad SMARTS) is 2. The largest absolute Gasteiger partial charge is 0.480 e. The van der Waals surface area contributed by atoms with Crippen molar-refractivity contribution in [1.29, 1.82) is 0 Å². The van der Waals surface area contributed by atoms with Crippen LogP contribution in [0.15, 0.2) is 11.3 Å². The zero-order chi connectivity index (χ0) is 34.7. The van der Waals surface area contributed by atoms with E-state index in [0.29, 0.717) is 5.57 Å². The lowest BCUT2D eigenvalue weighted by Gasteiger charge is -2.49. The van der Waals surface area contributed by atoms with Crippen LogP contribution in [0.4, 0.5) is 0 Å². The van der Waals surface area contributed by atoms with Gasteiger partial charge in [-0.1, -0.05) is 41.5 Å². The summed E-state index contributed by atoms with van der Waals surface area (Å²) in [5.74, 6) is -4.48. The van der Waals surface area contributed by atoms with Crippen LogP contribution in [0, 0.1) is 0 Å². The van der Waals surface area contributed by atoms with Crippen molar-refractivity contribution in [3.05, 3.63) is 11.3 Å². The van der Waals surface area contributed by atoms with E-state index in [-0.39, 0.29) is 37.3 Å². The Morgan fingerprint density at radius 1 is 0.933 bits per heavy atom. The number of amides is 3. The first-order chi connectivity index (χ1) is 21.2. The van der Waals surface area contributed by atoms with Gasteiger partial charge in [0.25, 0.3) is 5.91 Å². The molecule has 0 aliphatic carbocycles. The van der Waals surface area contributed by atoms with Crippen molar-refractivity contribution in [2.24, 2.45) is 0 Å². The maximum Gasteiger partial charge on any atom is 0.352 e. The molecule has 1 saturated heterocycles. The van der Waals surface area contributed by atoms with Crippen molar-refractivity contribution < 1.29 is 43.7 Å². The Morgan fingerprint density at radius 3 is 1.82 bits per heavy atom. The van der Waals surface area contributed by atoms with E-state index in [4.69, 9.17) is 9.84 Å². The molecule has 4 N–H and O–H groups in total. The first kappa shape index (κ1) is 41.8. The summed E-state index contributed by atoms with van der Waals surface area (Å²) in [7, 11) is 0. The van der Waals surface area contributed by atoms with Crippen LogP contribution >= 0.6 is 11.8 Å². The smallest absolute Gasteiger partial charge is 0.352 e. The average molecular weight is 660 g/mol. The first-order valence-electron chi connectivity index (χ1n) is 15.5. The van der Waals surface area contributed by atoms with Crippen molar-refractivity contribution in [2.75, 3.05) is 51.6 Å². The van der Waals surface area contributed by atoms with Crippen LogP contribution in [-0.2, 0) is 33.5 Å². The van der Waals surface area contributed by atoms with E-state index in [0.717, 1.165) is 4.90 Å². The Kier molecular flexibility index (Phi) is 20.8. The van der Waals surface area contributed by atoms with E-state index in [2.05, 4.69) is 62.0 Å². The van der Waals surface area contributed by atoms with Gasteiger partial charge in [-0.05, 0) is 52.1 Å². The zero-order valence-corrected chi connectivity index (χ0v) is 28.8. The predicted octanol–water partition coefficient (Wildman–Crippen LogP) is 1.74. The number of carbonyl (C=O) groups excluding carboxylic acids is 4. The third kappa shape index (κ3) is 14.6. The van der Waals surface area contributed by atoms with Crippen LogP contribution in [0.5, 0.6) is 0 Å². The molecule has 15 heteroatoms. The summed E-state index contributed by atoms with van der Waals surface area (Å²) in [5.41, 5.74) is 0.0415. The minimum atomic E-state index is -1.33. The van der Waals surface area contributed by atoms with Gasteiger partial charge in [-0.3, -0.25) is 24.1 Å².